The summed E-state index contributed by atoms with van der Waals surface area (Å²) < 4.78 is 10.5. The Morgan fingerprint density at radius 2 is 2.14 bits per heavy atom. The Bertz CT molecular complexity index is 192. The van der Waals surface area contributed by atoms with Crippen LogP contribution >= 0.6 is 0 Å². The number of hydrogen-bond acceptors (Lipinski definition) is 3. The van der Waals surface area contributed by atoms with Crippen molar-refractivity contribution >= 4 is 5.97 Å². The first-order valence-corrected chi connectivity index (χ1v) is 5.01. The molecular formula is C10H18O4. The van der Waals surface area contributed by atoms with Gasteiger partial charge in [-0.25, -0.2) is 0 Å². The summed E-state index contributed by atoms with van der Waals surface area (Å²) in [5.74, 6) is -0.755. The van der Waals surface area contributed by atoms with E-state index in [4.69, 9.17) is 9.47 Å². The van der Waals surface area contributed by atoms with E-state index in [2.05, 4.69) is 0 Å². The molecule has 1 heterocycles. The first kappa shape index (κ1) is 11.5. The van der Waals surface area contributed by atoms with Crippen LogP contribution in [0.15, 0.2) is 0 Å². The molecule has 0 aromatic heterocycles. The molecule has 14 heavy (non-hydrogen) atoms. The highest BCUT2D eigenvalue weighted by molar-refractivity contribution is 5.75. The number of carboxylic acid groups (broad SMARTS) is 1. The number of aliphatic carboxylic acids is 1. The van der Waals surface area contributed by atoms with Gasteiger partial charge in [-0.3, -0.25) is 4.79 Å². The van der Waals surface area contributed by atoms with Crippen molar-refractivity contribution in [1.29, 1.82) is 0 Å². The van der Waals surface area contributed by atoms with Crippen molar-refractivity contribution in [2.24, 2.45) is 5.41 Å². The molecule has 1 unspecified atom stereocenters. The van der Waals surface area contributed by atoms with Crippen molar-refractivity contribution in [3.05, 3.63) is 0 Å². The number of hydrogen-bond donors (Lipinski definition) is 1. The average Bonchev–Trinajstić information content (AvgIpc) is 2.21. The molecule has 0 aliphatic carbocycles. The summed E-state index contributed by atoms with van der Waals surface area (Å²) in [7, 11) is 1.58. The van der Waals surface area contributed by atoms with Crippen LogP contribution in [0.4, 0.5) is 0 Å². The van der Waals surface area contributed by atoms with Gasteiger partial charge < -0.3 is 14.6 Å². The fraction of sp³-hybridized carbons (Fsp3) is 0.900. The van der Waals surface area contributed by atoms with Gasteiger partial charge in [0.15, 0.2) is 0 Å². The van der Waals surface area contributed by atoms with Gasteiger partial charge >= 0.3 is 5.97 Å². The first-order valence-electron chi connectivity index (χ1n) is 5.01. The molecule has 4 heteroatoms. The number of carbonyl (C=O) groups is 1. The summed E-state index contributed by atoms with van der Waals surface area (Å²) >= 11 is 0. The standard InChI is InChI=1S/C10H18O4/c1-3-8(13-2)10(9(11)12)4-6-14-7-5-10/h8H,3-7H2,1-2H3,(H,11,12). The molecule has 1 rings (SSSR count). The second kappa shape index (κ2) is 4.75. The molecule has 1 fully saturated rings. The van der Waals surface area contributed by atoms with E-state index in [0.29, 0.717) is 26.1 Å². The third kappa shape index (κ3) is 1.91. The van der Waals surface area contributed by atoms with E-state index in [1.54, 1.807) is 7.11 Å². The molecule has 0 aromatic rings. The van der Waals surface area contributed by atoms with Crippen LogP contribution in [0.3, 0.4) is 0 Å². The van der Waals surface area contributed by atoms with Gasteiger partial charge in [0, 0.05) is 20.3 Å². The van der Waals surface area contributed by atoms with E-state index >= 15 is 0 Å². The molecule has 0 spiro atoms. The quantitative estimate of drug-likeness (QED) is 0.746. The van der Waals surface area contributed by atoms with Crippen molar-refractivity contribution in [1.82, 2.24) is 0 Å². The first-order chi connectivity index (χ1) is 6.67. The van der Waals surface area contributed by atoms with E-state index in [9.17, 15) is 9.90 Å². The molecule has 1 N–H and O–H groups in total. The lowest BCUT2D eigenvalue weighted by molar-refractivity contribution is -0.168. The molecule has 1 saturated heterocycles. The lowest BCUT2D eigenvalue weighted by atomic mass is 9.74. The molecule has 0 bridgehead atoms. The highest BCUT2D eigenvalue weighted by Gasteiger charge is 2.46. The molecular weight excluding hydrogens is 184 g/mol. The number of ether oxygens (including phenoxy) is 2. The van der Waals surface area contributed by atoms with Crippen molar-refractivity contribution in [2.75, 3.05) is 20.3 Å². The third-order valence-corrected chi connectivity index (χ3v) is 3.08. The summed E-state index contributed by atoms with van der Waals surface area (Å²) in [5, 5.41) is 9.29. The Morgan fingerprint density at radius 1 is 1.57 bits per heavy atom. The summed E-state index contributed by atoms with van der Waals surface area (Å²) in [6, 6.07) is 0. The van der Waals surface area contributed by atoms with Gasteiger partial charge in [-0.15, -0.1) is 0 Å². The lowest BCUT2D eigenvalue weighted by Crippen LogP contribution is -2.47. The van der Waals surface area contributed by atoms with Crippen molar-refractivity contribution in [3.8, 4) is 0 Å². The van der Waals surface area contributed by atoms with Crippen LogP contribution in [0.5, 0.6) is 0 Å². The minimum Gasteiger partial charge on any atom is -0.481 e. The second-order valence-corrected chi connectivity index (χ2v) is 3.71. The molecule has 0 amide bonds. The highest BCUT2D eigenvalue weighted by atomic mass is 16.5. The summed E-state index contributed by atoms with van der Waals surface area (Å²) in [4.78, 5) is 11.3. The van der Waals surface area contributed by atoms with E-state index in [1.165, 1.54) is 0 Å². The Hall–Kier alpha value is -0.610. The molecule has 1 atom stereocenters. The molecule has 0 saturated carbocycles. The molecule has 4 nitrogen and oxygen atoms in total. The maximum absolute atomic E-state index is 11.3. The highest BCUT2D eigenvalue weighted by Crippen LogP contribution is 2.37. The monoisotopic (exact) mass is 202 g/mol. The van der Waals surface area contributed by atoms with E-state index in [1.807, 2.05) is 6.92 Å². The average molecular weight is 202 g/mol. The van der Waals surface area contributed by atoms with Crippen LogP contribution in [0.1, 0.15) is 26.2 Å². The minimum absolute atomic E-state index is 0.205. The number of methoxy groups -OCH3 is 1. The van der Waals surface area contributed by atoms with Crippen molar-refractivity contribution in [2.45, 2.75) is 32.3 Å². The molecule has 0 aromatic carbocycles. The van der Waals surface area contributed by atoms with Gasteiger partial charge in [0.05, 0.1) is 11.5 Å². The third-order valence-electron chi connectivity index (χ3n) is 3.08. The smallest absolute Gasteiger partial charge is 0.312 e. The Morgan fingerprint density at radius 3 is 2.50 bits per heavy atom. The topological polar surface area (TPSA) is 55.8 Å². The van der Waals surface area contributed by atoms with Gasteiger partial charge in [0.2, 0.25) is 0 Å². The predicted octanol–water partition coefficient (Wildman–Crippen LogP) is 1.29. The SMILES string of the molecule is CCC(OC)C1(C(=O)O)CCOCC1. The molecule has 1 aliphatic heterocycles. The van der Waals surface area contributed by atoms with Crippen LogP contribution < -0.4 is 0 Å². The van der Waals surface area contributed by atoms with Crippen LogP contribution in [-0.2, 0) is 14.3 Å². The lowest BCUT2D eigenvalue weighted by Gasteiger charge is -2.38. The molecule has 82 valence electrons. The zero-order valence-electron chi connectivity index (χ0n) is 8.78. The van der Waals surface area contributed by atoms with Crippen LogP contribution in [0.25, 0.3) is 0 Å². The largest absolute Gasteiger partial charge is 0.481 e. The van der Waals surface area contributed by atoms with Gasteiger partial charge in [-0.1, -0.05) is 6.92 Å². The predicted molar refractivity (Wildman–Crippen MR) is 51.2 cm³/mol. The summed E-state index contributed by atoms with van der Waals surface area (Å²) in [5.41, 5.74) is -0.734. The summed E-state index contributed by atoms with van der Waals surface area (Å²) in [6.45, 7) is 2.99. The fourth-order valence-corrected chi connectivity index (χ4v) is 2.19. The van der Waals surface area contributed by atoms with Crippen LogP contribution in [0, 0.1) is 5.41 Å². The normalized spacial score (nSPS) is 23.0. The summed E-state index contributed by atoms with van der Waals surface area (Å²) in [6.07, 6.45) is 1.62. The number of rotatable bonds is 4. The Balaban J connectivity index is 2.83. The Kier molecular flexibility index (Phi) is 3.89. The van der Waals surface area contributed by atoms with E-state index in [0.717, 1.165) is 6.42 Å². The zero-order chi connectivity index (χ0) is 10.6. The van der Waals surface area contributed by atoms with Crippen LogP contribution in [0.2, 0.25) is 0 Å². The number of carboxylic acids is 1. The van der Waals surface area contributed by atoms with Gasteiger partial charge in [-0.05, 0) is 19.3 Å². The molecule has 0 radical (unpaired) electrons. The fourth-order valence-electron chi connectivity index (χ4n) is 2.19. The van der Waals surface area contributed by atoms with Gasteiger partial charge in [0.25, 0.3) is 0 Å². The van der Waals surface area contributed by atoms with E-state index in [-0.39, 0.29) is 6.10 Å². The van der Waals surface area contributed by atoms with Crippen molar-refractivity contribution < 1.29 is 19.4 Å². The maximum Gasteiger partial charge on any atom is 0.312 e. The Labute approximate surface area is 84.2 Å². The van der Waals surface area contributed by atoms with Gasteiger partial charge in [-0.2, -0.15) is 0 Å². The maximum atomic E-state index is 11.3. The van der Waals surface area contributed by atoms with Crippen molar-refractivity contribution in [3.63, 3.8) is 0 Å². The second-order valence-electron chi connectivity index (χ2n) is 3.71. The van der Waals surface area contributed by atoms with Crippen LogP contribution in [-0.4, -0.2) is 37.5 Å². The zero-order valence-corrected chi connectivity index (χ0v) is 8.78. The van der Waals surface area contributed by atoms with Gasteiger partial charge in [0.1, 0.15) is 0 Å². The molecule has 1 aliphatic rings. The minimum atomic E-state index is -0.755. The van der Waals surface area contributed by atoms with E-state index < -0.39 is 11.4 Å².